The summed E-state index contributed by atoms with van der Waals surface area (Å²) in [7, 11) is 0. The molecule has 0 radical (unpaired) electrons. The average molecular weight is 917 g/mol. The van der Waals surface area contributed by atoms with Crippen LogP contribution in [0.15, 0.2) is 0 Å². The predicted molar refractivity (Wildman–Crippen MR) is 276 cm³/mol. The highest BCUT2D eigenvalue weighted by Crippen LogP contribution is 2.31. The Hall–Kier alpha value is -2.65. The summed E-state index contributed by atoms with van der Waals surface area (Å²) in [6, 6.07) is 0.890. The Bertz CT molecular complexity index is 1180. The van der Waals surface area contributed by atoms with Crippen molar-refractivity contribution in [2.45, 2.75) is 269 Å². The lowest BCUT2D eigenvalue weighted by atomic mass is 9.91. The number of ether oxygens (including phenoxy) is 2. The van der Waals surface area contributed by atoms with Crippen LogP contribution in [-0.4, -0.2) is 60.5 Å². The quantitative estimate of drug-likeness (QED) is 0.225. The smallest absolute Gasteiger partial charge is 0.311 e. The summed E-state index contributed by atoms with van der Waals surface area (Å²) in [4.78, 5) is 57.0. The van der Waals surface area contributed by atoms with E-state index in [1.165, 1.54) is 89.9 Å². The Kier molecular flexibility index (Phi) is 36.6. The monoisotopic (exact) mass is 916 g/mol. The van der Waals surface area contributed by atoms with Crippen molar-refractivity contribution < 1.29 is 33.4 Å². The molecule has 4 aliphatic rings. The van der Waals surface area contributed by atoms with E-state index in [0.29, 0.717) is 37.1 Å². The molecule has 0 aromatic heterocycles. The summed E-state index contributed by atoms with van der Waals surface area (Å²) in [5.41, 5.74) is -1.56. The fourth-order valence-electron chi connectivity index (χ4n) is 5.21. The van der Waals surface area contributed by atoms with Crippen molar-refractivity contribution >= 4 is 29.7 Å². The molecule has 0 atom stereocenters. The van der Waals surface area contributed by atoms with Gasteiger partial charge in [0.1, 0.15) is 0 Å². The molecule has 4 aliphatic carbocycles. The van der Waals surface area contributed by atoms with E-state index in [9.17, 15) is 24.0 Å². The lowest BCUT2D eigenvalue weighted by molar-refractivity contribution is -0.154. The summed E-state index contributed by atoms with van der Waals surface area (Å²) in [5.74, 6) is 1.67. The summed E-state index contributed by atoms with van der Waals surface area (Å²) in [5, 5.41) is 9.16. The van der Waals surface area contributed by atoms with Gasteiger partial charge in [-0.25, -0.2) is 0 Å². The fourth-order valence-corrected chi connectivity index (χ4v) is 5.21. The van der Waals surface area contributed by atoms with Crippen LogP contribution in [0.25, 0.3) is 0 Å². The number of hydrogen-bond acceptors (Lipinski definition) is 7. The third kappa shape index (κ3) is 38.6. The van der Waals surface area contributed by atoms with E-state index in [2.05, 4.69) is 16.0 Å². The van der Waals surface area contributed by atoms with E-state index in [1.807, 2.05) is 125 Å². The minimum Gasteiger partial charge on any atom is -0.465 e. The summed E-state index contributed by atoms with van der Waals surface area (Å²) < 4.78 is 10.2. The number of nitrogens with one attached hydrogen (secondary N) is 3. The van der Waals surface area contributed by atoms with Crippen LogP contribution in [0.2, 0.25) is 0 Å². The molecule has 0 saturated heterocycles. The Morgan fingerprint density at radius 1 is 0.375 bits per heavy atom. The maximum Gasteiger partial charge on any atom is 0.311 e. The third-order valence-electron chi connectivity index (χ3n) is 9.93. The van der Waals surface area contributed by atoms with Crippen LogP contribution in [0.5, 0.6) is 0 Å². The molecule has 3 N–H and O–H groups in total. The van der Waals surface area contributed by atoms with E-state index in [-0.39, 0.29) is 99.4 Å². The van der Waals surface area contributed by atoms with Crippen molar-refractivity contribution in [3.63, 3.8) is 0 Å². The molecule has 386 valence electrons. The van der Waals surface area contributed by atoms with Gasteiger partial charge in [-0.05, 0) is 126 Å². The number of amides is 3. The van der Waals surface area contributed by atoms with Crippen LogP contribution < -0.4 is 16.0 Å². The third-order valence-corrected chi connectivity index (χ3v) is 9.93. The molecular formula is C54H113N3O7. The van der Waals surface area contributed by atoms with Gasteiger partial charge >= 0.3 is 11.9 Å². The van der Waals surface area contributed by atoms with E-state index in [0.717, 1.165) is 0 Å². The minimum absolute atomic E-state index is 0. The molecule has 0 spiro atoms. The molecule has 10 heteroatoms. The van der Waals surface area contributed by atoms with Gasteiger partial charge in [-0.2, -0.15) is 0 Å². The summed E-state index contributed by atoms with van der Waals surface area (Å²) in [6.07, 6.45) is 17.4. The lowest BCUT2D eigenvalue weighted by Crippen LogP contribution is -2.46. The molecule has 0 unspecified atom stereocenters. The Balaban J connectivity index is -0.000000161. The van der Waals surface area contributed by atoms with Crippen molar-refractivity contribution in [3.05, 3.63) is 0 Å². The largest absolute Gasteiger partial charge is 0.465 e. The topological polar surface area (TPSA) is 140 Å². The van der Waals surface area contributed by atoms with Crippen LogP contribution in [-0.2, 0) is 33.4 Å². The molecule has 0 aromatic rings. The lowest BCUT2D eigenvalue weighted by Gasteiger charge is -2.26. The average Bonchev–Trinajstić information content (AvgIpc) is 4.02. The van der Waals surface area contributed by atoms with E-state index < -0.39 is 0 Å². The van der Waals surface area contributed by atoms with Gasteiger partial charge in [0.05, 0.1) is 24.0 Å². The van der Waals surface area contributed by atoms with Gasteiger partial charge in [0, 0.05) is 33.9 Å². The van der Waals surface area contributed by atoms with Crippen molar-refractivity contribution in [1.82, 2.24) is 16.0 Å². The first-order valence-corrected chi connectivity index (χ1v) is 22.9. The van der Waals surface area contributed by atoms with Crippen molar-refractivity contribution in [2.75, 3.05) is 13.2 Å². The molecule has 0 bridgehead atoms. The maximum absolute atomic E-state index is 11.6. The van der Waals surface area contributed by atoms with Gasteiger partial charge in [0.25, 0.3) is 0 Å². The molecular weight excluding hydrogens is 803 g/mol. The van der Waals surface area contributed by atoms with Crippen LogP contribution in [0.4, 0.5) is 0 Å². The first-order valence-electron chi connectivity index (χ1n) is 22.9. The Labute approximate surface area is 399 Å². The van der Waals surface area contributed by atoms with Crippen molar-refractivity contribution in [3.8, 4) is 0 Å². The van der Waals surface area contributed by atoms with Crippen molar-refractivity contribution in [1.29, 1.82) is 0 Å². The fraction of sp³-hybridized carbons (Fsp3) is 0.907. The molecule has 10 nitrogen and oxygen atoms in total. The van der Waals surface area contributed by atoms with E-state index >= 15 is 0 Å². The Morgan fingerprint density at radius 3 is 0.797 bits per heavy atom. The highest BCUT2D eigenvalue weighted by molar-refractivity contribution is 5.82. The number of esters is 2. The number of rotatable bonds is 6. The number of carbonyl (C=O) groups excluding carboxylic acids is 5. The molecule has 4 rings (SSSR count). The normalized spacial score (nSPS) is 16.5. The highest BCUT2D eigenvalue weighted by Gasteiger charge is 2.30. The van der Waals surface area contributed by atoms with Gasteiger partial charge in [0.15, 0.2) is 0 Å². The van der Waals surface area contributed by atoms with Crippen LogP contribution in [0, 0.1) is 38.9 Å². The number of carbonyl (C=O) groups is 5. The van der Waals surface area contributed by atoms with E-state index in [4.69, 9.17) is 9.47 Å². The van der Waals surface area contributed by atoms with Gasteiger partial charge in [-0.15, -0.1) is 0 Å². The zero-order valence-electron chi connectivity index (χ0n) is 41.5. The summed E-state index contributed by atoms with van der Waals surface area (Å²) in [6.45, 7) is 36.0. The van der Waals surface area contributed by atoms with Crippen LogP contribution >= 0.6 is 0 Å². The molecule has 0 aromatic carbocycles. The van der Waals surface area contributed by atoms with Crippen LogP contribution in [0.3, 0.4) is 0 Å². The zero-order chi connectivity index (χ0) is 46.0. The second kappa shape index (κ2) is 32.1. The molecule has 3 amide bonds. The second-order valence-corrected chi connectivity index (χ2v) is 23.7. The van der Waals surface area contributed by atoms with Gasteiger partial charge in [-0.1, -0.05) is 138 Å². The van der Waals surface area contributed by atoms with Gasteiger partial charge in [-0.3, -0.25) is 24.0 Å². The first-order chi connectivity index (χ1) is 26.6. The second-order valence-electron chi connectivity index (χ2n) is 23.7. The molecule has 64 heavy (non-hydrogen) atoms. The highest BCUT2D eigenvalue weighted by atomic mass is 16.5. The van der Waals surface area contributed by atoms with Gasteiger partial charge < -0.3 is 25.4 Å². The minimum atomic E-state index is -0.338. The molecule has 4 fully saturated rings. The standard InChI is InChI=1S/2C11H21NO.C9H19NO.2C9H16O2.5CH4/c2*1-11(2,3)10(13)12-9-7-5-4-6-8-9;1-8(2,3)7(11)10-9(4,5)6;2*1-9(2,3)8(10)11-6-7-4-5-7;;;;;/h2*9H,4-8H2,1-3H3,(H,12,13);1-6H3,(H,10,11);2*7H,4-6H2,1-3H3;5*1H4. The predicted octanol–water partition coefficient (Wildman–Crippen LogP) is 14.1. The molecule has 4 saturated carbocycles. The molecule has 0 heterocycles. The first kappa shape index (κ1) is 72.9. The van der Waals surface area contributed by atoms with E-state index in [1.54, 1.807) is 0 Å². The Morgan fingerprint density at radius 2 is 0.625 bits per heavy atom. The summed E-state index contributed by atoms with van der Waals surface area (Å²) >= 11 is 0. The van der Waals surface area contributed by atoms with Crippen molar-refractivity contribution in [2.24, 2.45) is 38.9 Å². The van der Waals surface area contributed by atoms with Crippen LogP contribution in [0.1, 0.15) is 252 Å². The van der Waals surface area contributed by atoms with Gasteiger partial charge in [0.2, 0.25) is 17.7 Å². The number of hydrogen-bond donors (Lipinski definition) is 3. The zero-order valence-corrected chi connectivity index (χ0v) is 41.5. The SMILES string of the molecule is C.C.C.C.C.CC(C)(C)C(=O)NC1CCCCC1.CC(C)(C)C(=O)NC1CCCCC1.CC(C)(C)C(=O)OCC1CC1.CC(C)(C)C(=O)OCC1CC1.CC(C)(C)NC(=O)C(C)(C)C. The maximum atomic E-state index is 11.6. The molecule has 0 aliphatic heterocycles.